The number of fused-ring (bicyclic) bond motifs is 2. The summed E-state index contributed by atoms with van der Waals surface area (Å²) in [6.45, 7) is 8.15. The molecule has 0 radical (unpaired) electrons. The van der Waals surface area contributed by atoms with Crippen molar-refractivity contribution in [1.82, 2.24) is 4.90 Å². The molecule has 120 valence electrons. The van der Waals surface area contributed by atoms with Crippen molar-refractivity contribution >= 4 is 46.2 Å². The van der Waals surface area contributed by atoms with E-state index in [1.165, 1.54) is 19.3 Å². The SMILES string of the molecule is CC1(C)C[C@@H]2C[C@@](C)(CN2C(=S)Nc2ccc(Cl)cc2Cl)C1. The first-order chi connectivity index (χ1) is 10.2. The molecule has 1 aliphatic carbocycles. The Morgan fingerprint density at radius 1 is 1.27 bits per heavy atom. The Balaban J connectivity index is 1.76. The van der Waals surface area contributed by atoms with E-state index >= 15 is 0 Å². The van der Waals surface area contributed by atoms with E-state index in [1.54, 1.807) is 6.07 Å². The number of hydrogen-bond donors (Lipinski definition) is 1. The number of likely N-dealkylation sites (tertiary alicyclic amines) is 1. The Labute approximate surface area is 148 Å². The molecule has 1 aliphatic heterocycles. The molecule has 22 heavy (non-hydrogen) atoms. The van der Waals surface area contributed by atoms with Crippen LogP contribution < -0.4 is 5.32 Å². The van der Waals surface area contributed by atoms with Gasteiger partial charge in [0.2, 0.25) is 0 Å². The zero-order valence-corrected chi connectivity index (χ0v) is 15.6. The predicted octanol–water partition coefficient (Wildman–Crippen LogP) is 5.59. The molecule has 2 nitrogen and oxygen atoms in total. The summed E-state index contributed by atoms with van der Waals surface area (Å²) < 4.78 is 0. The van der Waals surface area contributed by atoms with Gasteiger partial charge in [0.25, 0.3) is 0 Å². The minimum atomic E-state index is 0.363. The highest BCUT2D eigenvalue weighted by Crippen LogP contribution is 2.52. The maximum absolute atomic E-state index is 6.24. The lowest BCUT2D eigenvalue weighted by Crippen LogP contribution is -2.40. The van der Waals surface area contributed by atoms with E-state index in [-0.39, 0.29) is 0 Å². The minimum Gasteiger partial charge on any atom is -0.345 e. The van der Waals surface area contributed by atoms with Gasteiger partial charge < -0.3 is 10.2 Å². The summed E-state index contributed by atoms with van der Waals surface area (Å²) in [6.07, 6.45) is 3.68. The van der Waals surface area contributed by atoms with Crippen LogP contribution in [0.4, 0.5) is 5.69 Å². The molecule has 2 bridgehead atoms. The van der Waals surface area contributed by atoms with Gasteiger partial charge >= 0.3 is 0 Å². The molecular formula is C17H22Cl2N2S. The molecule has 2 fully saturated rings. The van der Waals surface area contributed by atoms with E-state index in [1.807, 2.05) is 12.1 Å². The molecule has 2 aliphatic rings. The van der Waals surface area contributed by atoms with Gasteiger partial charge in [0.15, 0.2) is 5.11 Å². The maximum atomic E-state index is 6.24. The third-order valence-corrected chi connectivity index (χ3v) is 5.73. The summed E-state index contributed by atoms with van der Waals surface area (Å²) in [5, 5.41) is 5.31. The van der Waals surface area contributed by atoms with Crippen molar-refractivity contribution in [3.05, 3.63) is 28.2 Å². The molecule has 1 N–H and O–H groups in total. The summed E-state index contributed by atoms with van der Waals surface area (Å²) in [6, 6.07) is 5.97. The second-order valence-electron chi connectivity index (χ2n) is 7.90. The average Bonchev–Trinajstić information content (AvgIpc) is 2.62. The standard InChI is InChI=1S/C17H22Cl2N2S/c1-16(2)7-12-8-17(3,9-16)10-21(12)15(22)20-14-5-4-11(18)6-13(14)19/h4-6,12H,7-10H2,1-3H3,(H,20,22)/t12-,17-/m1/s1. The molecule has 1 heterocycles. The lowest BCUT2D eigenvalue weighted by molar-refractivity contribution is 0.132. The number of thiocarbonyl (C=S) groups is 1. The first kappa shape index (κ1) is 16.4. The topological polar surface area (TPSA) is 15.3 Å². The number of anilines is 1. The summed E-state index contributed by atoms with van der Waals surface area (Å²) >= 11 is 17.8. The summed E-state index contributed by atoms with van der Waals surface area (Å²) in [4.78, 5) is 2.36. The van der Waals surface area contributed by atoms with Crippen LogP contribution in [0, 0.1) is 10.8 Å². The Kier molecular flexibility index (Phi) is 4.12. The van der Waals surface area contributed by atoms with E-state index in [2.05, 4.69) is 31.0 Å². The number of nitrogens with zero attached hydrogens (tertiary/aromatic N) is 1. The van der Waals surface area contributed by atoms with Crippen molar-refractivity contribution in [2.45, 2.75) is 46.1 Å². The molecule has 1 saturated carbocycles. The van der Waals surface area contributed by atoms with E-state index in [0.717, 1.165) is 17.3 Å². The molecule has 0 spiro atoms. The van der Waals surface area contributed by atoms with Crippen LogP contribution in [0.2, 0.25) is 10.0 Å². The van der Waals surface area contributed by atoms with Gasteiger partial charge in [-0.15, -0.1) is 0 Å². The van der Waals surface area contributed by atoms with Gasteiger partial charge in [-0.05, 0) is 60.5 Å². The number of hydrogen-bond acceptors (Lipinski definition) is 1. The molecule has 1 aromatic rings. The highest BCUT2D eigenvalue weighted by molar-refractivity contribution is 7.80. The molecular weight excluding hydrogens is 335 g/mol. The summed E-state index contributed by atoms with van der Waals surface area (Å²) in [5.41, 5.74) is 1.57. The van der Waals surface area contributed by atoms with Crippen LogP contribution in [0.15, 0.2) is 18.2 Å². The largest absolute Gasteiger partial charge is 0.345 e. The fourth-order valence-electron chi connectivity index (χ4n) is 4.48. The zero-order valence-electron chi connectivity index (χ0n) is 13.2. The van der Waals surface area contributed by atoms with Crippen LogP contribution >= 0.6 is 35.4 Å². The van der Waals surface area contributed by atoms with Crippen LogP contribution in [0.5, 0.6) is 0 Å². The van der Waals surface area contributed by atoms with Crippen molar-refractivity contribution < 1.29 is 0 Å². The number of benzene rings is 1. The Morgan fingerprint density at radius 3 is 2.68 bits per heavy atom. The van der Waals surface area contributed by atoms with Crippen molar-refractivity contribution in [2.24, 2.45) is 10.8 Å². The number of nitrogens with one attached hydrogen (secondary N) is 1. The fourth-order valence-corrected chi connectivity index (χ4v) is 5.25. The van der Waals surface area contributed by atoms with E-state index < -0.39 is 0 Å². The third kappa shape index (κ3) is 3.22. The van der Waals surface area contributed by atoms with Crippen LogP contribution in [0.3, 0.4) is 0 Å². The normalized spacial score (nSPS) is 29.5. The zero-order chi connectivity index (χ0) is 16.1. The monoisotopic (exact) mass is 356 g/mol. The van der Waals surface area contributed by atoms with Gasteiger partial charge in [-0.1, -0.05) is 44.0 Å². The van der Waals surface area contributed by atoms with Crippen molar-refractivity contribution in [3.8, 4) is 0 Å². The smallest absolute Gasteiger partial charge is 0.173 e. The molecule has 0 aromatic heterocycles. The summed E-state index contributed by atoms with van der Waals surface area (Å²) in [5.74, 6) is 0. The first-order valence-electron chi connectivity index (χ1n) is 7.70. The van der Waals surface area contributed by atoms with Gasteiger partial charge in [0, 0.05) is 17.6 Å². The lowest BCUT2D eigenvalue weighted by Gasteiger charge is -2.39. The van der Waals surface area contributed by atoms with Gasteiger partial charge in [-0.2, -0.15) is 0 Å². The fraction of sp³-hybridized carbons (Fsp3) is 0.588. The molecule has 2 atom stereocenters. The molecule has 1 saturated heterocycles. The molecule has 1 aromatic carbocycles. The van der Waals surface area contributed by atoms with Gasteiger partial charge in [0.1, 0.15) is 0 Å². The molecule has 5 heteroatoms. The van der Waals surface area contributed by atoms with Gasteiger partial charge in [0.05, 0.1) is 10.7 Å². The highest BCUT2D eigenvalue weighted by Gasteiger charge is 2.50. The van der Waals surface area contributed by atoms with Crippen LogP contribution in [0.25, 0.3) is 0 Å². The van der Waals surface area contributed by atoms with Crippen LogP contribution in [-0.4, -0.2) is 22.6 Å². The number of halogens is 2. The molecule has 3 rings (SSSR count). The second-order valence-corrected chi connectivity index (χ2v) is 9.13. The van der Waals surface area contributed by atoms with Crippen molar-refractivity contribution in [3.63, 3.8) is 0 Å². The second kappa shape index (κ2) is 5.54. The third-order valence-electron chi connectivity index (χ3n) is 4.85. The Bertz CT molecular complexity index is 617. The van der Waals surface area contributed by atoms with E-state index in [0.29, 0.717) is 26.9 Å². The molecule has 0 unspecified atom stereocenters. The average molecular weight is 357 g/mol. The highest BCUT2D eigenvalue weighted by atomic mass is 35.5. The predicted molar refractivity (Wildman–Crippen MR) is 98.9 cm³/mol. The van der Waals surface area contributed by atoms with Gasteiger partial charge in [-0.25, -0.2) is 0 Å². The van der Waals surface area contributed by atoms with Crippen LogP contribution in [0.1, 0.15) is 40.0 Å². The van der Waals surface area contributed by atoms with E-state index in [4.69, 9.17) is 35.4 Å². The molecule has 0 amide bonds. The Morgan fingerprint density at radius 2 is 2.00 bits per heavy atom. The minimum absolute atomic E-state index is 0.363. The lowest BCUT2D eigenvalue weighted by atomic mass is 9.65. The van der Waals surface area contributed by atoms with E-state index in [9.17, 15) is 0 Å². The van der Waals surface area contributed by atoms with Crippen molar-refractivity contribution in [1.29, 1.82) is 0 Å². The summed E-state index contributed by atoms with van der Waals surface area (Å²) in [7, 11) is 0. The van der Waals surface area contributed by atoms with Crippen molar-refractivity contribution in [2.75, 3.05) is 11.9 Å². The Hall–Kier alpha value is -0.510. The number of rotatable bonds is 1. The quantitative estimate of drug-likeness (QED) is 0.660. The van der Waals surface area contributed by atoms with Crippen LogP contribution in [-0.2, 0) is 0 Å². The van der Waals surface area contributed by atoms with Gasteiger partial charge in [-0.3, -0.25) is 0 Å². The first-order valence-corrected chi connectivity index (χ1v) is 8.87. The maximum Gasteiger partial charge on any atom is 0.173 e.